The van der Waals surface area contributed by atoms with E-state index >= 15 is 0 Å². The molecule has 5 nitrogen and oxygen atoms in total. The summed E-state index contributed by atoms with van der Waals surface area (Å²) in [5, 5.41) is 6.51. The summed E-state index contributed by atoms with van der Waals surface area (Å²) < 4.78 is 31.1. The first kappa shape index (κ1) is 15.9. The molecule has 0 aliphatic carbocycles. The van der Waals surface area contributed by atoms with Crippen molar-refractivity contribution in [2.75, 3.05) is 11.5 Å². The first-order valence-corrected chi connectivity index (χ1v) is 8.42. The first-order valence-electron chi connectivity index (χ1n) is 7.27. The number of rotatable bonds is 4. The number of aromatic nitrogens is 2. The Bertz CT molecular complexity index is 702. The number of hydrogen-bond donors (Lipinski definition) is 1. The molecule has 0 atom stereocenters. The average molecular weight is 339 g/mol. The van der Waals surface area contributed by atoms with Crippen LogP contribution >= 0.6 is 11.8 Å². The Hall–Kier alpha value is -1.96. The Morgan fingerprint density at radius 1 is 1.30 bits per heavy atom. The van der Waals surface area contributed by atoms with Crippen molar-refractivity contribution in [3.05, 3.63) is 47.1 Å². The summed E-state index contributed by atoms with van der Waals surface area (Å²) in [5.74, 6) is 0.856. The van der Waals surface area contributed by atoms with Crippen molar-refractivity contribution in [2.24, 2.45) is 0 Å². The minimum Gasteiger partial charge on any atom is -0.343 e. The van der Waals surface area contributed by atoms with E-state index in [1.165, 1.54) is 6.07 Å². The smallest absolute Gasteiger partial charge is 0.251 e. The molecule has 8 heteroatoms. The van der Waals surface area contributed by atoms with E-state index in [-0.39, 0.29) is 12.1 Å². The summed E-state index contributed by atoms with van der Waals surface area (Å²) in [6, 6.07) is 2.98. The van der Waals surface area contributed by atoms with Gasteiger partial charge in [-0.05, 0) is 42.5 Å². The Morgan fingerprint density at radius 3 is 2.83 bits per heavy atom. The van der Waals surface area contributed by atoms with E-state index in [1.807, 2.05) is 11.8 Å². The van der Waals surface area contributed by atoms with E-state index in [1.54, 1.807) is 0 Å². The lowest BCUT2D eigenvalue weighted by Gasteiger charge is -2.17. The van der Waals surface area contributed by atoms with Gasteiger partial charge < -0.3 is 9.84 Å². The van der Waals surface area contributed by atoms with Crippen molar-refractivity contribution in [1.29, 1.82) is 0 Å². The lowest BCUT2D eigenvalue weighted by molar-refractivity contribution is 0.0945. The van der Waals surface area contributed by atoms with Gasteiger partial charge in [0.1, 0.15) is 0 Å². The van der Waals surface area contributed by atoms with Gasteiger partial charge in [-0.15, -0.1) is 0 Å². The van der Waals surface area contributed by atoms with E-state index in [4.69, 9.17) is 4.52 Å². The molecule has 3 rings (SSSR count). The molecule has 1 aliphatic rings. The third-order valence-electron chi connectivity index (χ3n) is 3.65. The molecule has 2 heterocycles. The molecule has 122 valence electrons. The van der Waals surface area contributed by atoms with Gasteiger partial charge >= 0.3 is 0 Å². The Kier molecular flexibility index (Phi) is 4.90. The molecule has 1 aliphatic heterocycles. The highest BCUT2D eigenvalue weighted by atomic mass is 32.2. The van der Waals surface area contributed by atoms with Crippen molar-refractivity contribution in [2.45, 2.75) is 25.3 Å². The third kappa shape index (κ3) is 3.87. The van der Waals surface area contributed by atoms with Gasteiger partial charge in [-0.3, -0.25) is 4.79 Å². The van der Waals surface area contributed by atoms with Gasteiger partial charge in [0.25, 0.3) is 5.91 Å². The summed E-state index contributed by atoms with van der Waals surface area (Å²) in [5.41, 5.74) is 0.0351. The minimum atomic E-state index is -1.06. The molecule has 1 aromatic carbocycles. The van der Waals surface area contributed by atoms with Crippen LogP contribution in [-0.4, -0.2) is 27.6 Å². The molecular weight excluding hydrogens is 324 g/mol. The normalized spacial score (nSPS) is 15.6. The molecule has 1 N–H and O–H groups in total. The number of hydrogen-bond acceptors (Lipinski definition) is 5. The van der Waals surface area contributed by atoms with E-state index in [9.17, 15) is 13.6 Å². The average Bonchev–Trinajstić information content (AvgIpc) is 3.05. The van der Waals surface area contributed by atoms with Gasteiger partial charge in [0, 0.05) is 11.5 Å². The summed E-state index contributed by atoms with van der Waals surface area (Å²) in [7, 11) is 0. The molecular formula is C15H15F2N3O2S. The molecule has 0 spiro atoms. The van der Waals surface area contributed by atoms with Crippen LogP contribution in [-0.2, 0) is 6.54 Å². The molecule has 0 saturated carbocycles. The standard InChI is InChI=1S/C15H15F2N3O2S/c16-11-2-1-10(7-12(11)17)15(21)18-8-13-19-14(20-22-13)9-3-5-23-6-4-9/h1-2,7,9H,3-6,8H2,(H,18,21). The second-order valence-corrected chi connectivity index (χ2v) is 6.47. The van der Waals surface area contributed by atoms with E-state index in [2.05, 4.69) is 15.5 Å². The molecule has 0 unspecified atom stereocenters. The van der Waals surface area contributed by atoms with Crippen LogP contribution in [0.25, 0.3) is 0 Å². The fourth-order valence-electron chi connectivity index (χ4n) is 2.36. The lowest BCUT2D eigenvalue weighted by atomic mass is 10.0. The predicted octanol–water partition coefficient (Wildman–Crippen LogP) is 2.89. The largest absolute Gasteiger partial charge is 0.343 e. The minimum absolute atomic E-state index is 0.0351. The number of halogens is 2. The summed E-state index contributed by atoms with van der Waals surface area (Å²) in [6.45, 7) is 0.0479. The number of carbonyl (C=O) groups is 1. The van der Waals surface area contributed by atoms with Crippen LogP contribution in [0.5, 0.6) is 0 Å². The van der Waals surface area contributed by atoms with Crippen LogP contribution in [0, 0.1) is 11.6 Å². The van der Waals surface area contributed by atoms with Crippen molar-refractivity contribution < 1.29 is 18.1 Å². The van der Waals surface area contributed by atoms with Gasteiger partial charge in [0.05, 0.1) is 6.54 Å². The number of amides is 1. The quantitative estimate of drug-likeness (QED) is 0.928. The fraction of sp³-hybridized carbons (Fsp3) is 0.400. The van der Waals surface area contributed by atoms with Crippen LogP contribution in [0.4, 0.5) is 8.78 Å². The molecule has 23 heavy (non-hydrogen) atoms. The van der Waals surface area contributed by atoms with Crippen LogP contribution in [0.3, 0.4) is 0 Å². The zero-order valence-electron chi connectivity index (χ0n) is 12.2. The maximum Gasteiger partial charge on any atom is 0.251 e. The lowest BCUT2D eigenvalue weighted by Crippen LogP contribution is -2.23. The second kappa shape index (κ2) is 7.08. The topological polar surface area (TPSA) is 68.0 Å². The molecule has 0 radical (unpaired) electrons. The molecule has 1 fully saturated rings. The third-order valence-corrected chi connectivity index (χ3v) is 4.70. The van der Waals surface area contributed by atoms with Crippen molar-refractivity contribution in [3.8, 4) is 0 Å². The first-order chi connectivity index (χ1) is 11.1. The summed E-state index contributed by atoms with van der Waals surface area (Å²) >= 11 is 1.91. The zero-order chi connectivity index (χ0) is 16.2. The van der Waals surface area contributed by atoms with Gasteiger partial charge in [-0.1, -0.05) is 5.16 Å². The number of thioether (sulfide) groups is 1. The Morgan fingerprint density at radius 2 is 2.09 bits per heavy atom. The second-order valence-electron chi connectivity index (χ2n) is 5.24. The van der Waals surface area contributed by atoms with E-state index < -0.39 is 17.5 Å². The maximum atomic E-state index is 13.1. The van der Waals surface area contributed by atoms with Gasteiger partial charge in [0.2, 0.25) is 5.89 Å². The highest BCUT2D eigenvalue weighted by molar-refractivity contribution is 7.99. The number of nitrogens with one attached hydrogen (secondary N) is 1. The van der Waals surface area contributed by atoms with Crippen molar-refractivity contribution >= 4 is 17.7 Å². The molecule has 2 aromatic rings. The molecule has 0 bridgehead atoms. The Balaban J connectivity index is 1.58. The van der Waals surface area contributed by atoms with Crippen LogP contribution in [0.1, 0.15) is 40.8 Å². The molecule has 1 saturated heterocycles. The molecule has 1 amide bonds. The maximum absolute atomic E-state index is 13.1. The van der Waals surface area contributed by atoms with Gasteiger partial charge in [-0.2, -0.15) is 16.7 Å². The highest BCUT2D eigenvalue weighted by Crippen LogP contribution is 2.29. The van der Waals surface area contributed by atoms with Gasteiger partial charge in [-0.25, -0.2) is 8.78 Å². The zero-order valence-corrected chi connectivity index (χ0v) is 13.0. The van der Waals surface area contributed by atoms with Crippen molar-refractivity contribution in [3.63, 3.8) is 0 Å². The number of carbonyl (C=O) groups excluding carboxylic acids is 1. The van der Waals surface area contributed by atoms with Crippen LogP contribution in [0.2, 0.25) is 0 Å². The summed E-state index contributed by atoms with van der Waals surface area (Å²) in [6.07, 6.45) is 2.04. The van der Waals surface area contributed by atoms with E-state index in [0.29, 0.717) is 17.6 Å². The number of nitrogens with zero attached hydrogens (tertiary/aromatic N) is 2. The Labute approximate surface area is 135 Å². The monoisotopic (exact) mass is 339 g/mol. The summed E-state index contributed by atoms with van der Waals surface area (Å²) in [4.78, 5) is 16.2. The van der Waals surface area contributed by atoms with Gasteiger partial charge in [0.15, 0.2) is 17.5 Å². The van der Waals surface area contributed by atoms with Crippen LogP contribution < -0.4 is 5.32 Å². The SMILES string of the molecule is O=C(NCc1nc(C2CCSCC2)no1)c1ccc(F)c(F)c1. The van der Waals surface area contributed by atoms with Crippen LogP contribution in [0.15, 0.2) is 22.7 Å². The molecule has 1 aromatic heterocycles. The van der Waals surface area contributed by atoms with E-state index in [0.717, 1.165) is 36.5 Å². The predicted molar refractivity (Wildman–Crippen MR) is 81.1 cm³/mol. The number of benzene rings is 1. The highest BCUT2D eigenvalue weighted by Gasteiger charge is 2.21. The van der Waals surface area contributed by atoms with Crippen molar-refractivity contribution in [1.82, 2.24) is 15.5 Å². The fourth-order valence-corrected chi connectivity index (χ4v) is 3.46.